The molecular formula is C9H11BrFNO3. The summed E-state index contributed by atoms with van der Waals surface area (Å²) in [6.45, 7) is -0.122. The van der Waals surface area contributed by atoms with Gasteiger partial charge in [-0.15, -0.1) is 0 Å². The van der Waals surface area contributed by atoms with Crippen LogP contribution in [-0.2, 0) is 0 Å². The lowest BCUT2D eigenvalue weighted by molar-refractivity contribution is 0.180. The van der Waals surface area contributed by atoms with Gasteiger partial charge in [-0.1, -0.05) is 0 Å². The lowest BCUT2D eigenvalue weighted by atomic mass is 10.1. The first kappa shape index (κ1) is 12.2. The van der Waals surface area contributed by atoms with E-state index >= 15 is 0 Å². The van der Waals surface area contributed by atoms with E-state index in [-0.39, 0.29) is 28.1 Å². The second kappa shape index (κ2) is 4.78. The van der Waals surface area contributed by atoms with Gasteiger partial charge in [-0.05, 0) is 15.9 Å². The molecule has 1 unspecified atom stereocenters. The number of methoxy groups -OCH3 is 1. The topological polar surface area (TPSA) is 75.7 Å². The van der Waals surface area contributed by atoms with Gasteiger partial charge in [-0.3, -0.25) is 0 Å². The Kier molecular flexibility index (Phi) is 3.90. The third-order valence-electron chi connectivity index (χ3n) is 1.95. The number of rotatable bonds is 3. The summed E-state index contributed by atoms with van der Waals surface area (Å²) in [5, 5.41) is 18.8. The number of phenols is 1. The normalized spacial score (nSPS) is 12.6. The van der Waals surface area contributed by atoms with Gasteiger partial charge in [-0.2, -0.15) is 0 Å². The molecule has 0 heterocycles. The summed E-state index contributed by atoms with van der Waals surface area (Å²) >= 11 is 3.04. The molecule has 4 nitrogen and oxygen atoms in total. The predicted molar refractivity (Wildman–Crippen MR) is 56.3 cm³/mol. The largest absolute Gasteiger partial charge is 0.504 e. The van der Waals surface area contributed by atoms with Gasteiger partial charge in [0.1, 0.15) is 5.82 Å². The van der Waals surface area contributed by atoms with Gasteiger partial charge in [0.05, 0.1) is 17.7 Å². The van der Waals surface area contributed by atoms with Crippen molar-refractivity contribution in [1.82, 2.24) is 0 Å². The molecule has 0 aliphatic heterocycles. The highest BCUT2D eigenvalue weighted by molar-refractivity contribution is 9.10. The standard InChI is InChI=1S/C9H11BrFNO3/c1-15-9-5(13)2-4(11)7(8(9)10)6(14)3-12/h2,6,13-14H,3,12H2,1H3. The molecule has 0 saturated heterocycles. The number of benzene rings is 1. The van der Waals surface area contributed by atoms with E-state index < -0.39 is 11.9 Å². The van der Waals surface area contributed by atoms with Crippen molar-refractivity contribution >= 4 is 15.9 Å². The van der Waals surface area contributed by atoms with Gasteiger partial charge < -0.3 is 20.7 Å². The minimum Gasteiger partial charge on any atom is -0.504 e. The number of halogens is 2. The molecule has 0 saturated carbocycles. The van der Waals surface area contributed by atoms with Crippen LogP contribution in [0.15, 0.2) is 10.5 Å². The van der Waals surface area contributed by atoms with Crippen LogP contribution in [-0.4, -0.2) is 23.9 Å². The lowest BCUT2D eigenvalue weighted by Crippen LogP contribution is -2.14. The monoisotopic (exact) mass is 279 g/mol. The summed E-state index contributed by atoms with van der Waals surface area (Å²) in [5.74, 6) is -1.01. The lowest BCUT2D eigenvalue weighted by Gasteiger charge is -2.15. The predicted octanol–water partition coefficient (Wildman–Crippen LogP) is 1.29. The van der Waals surface area contributed by atoms with Gasteiger partial charge >= 0.3 is 0 Å². The minimum atomic E-state index is -1.14. The molecular weight excluding hydrogens is 269 g/mol. The van der Waals surface area contributed by atoms with Crippen molar-refractivity contribution in [3.05, 3.63) is 21.9 Å². The Bertz CT molecular complexity index is 373. The average Bonchev–Trinajstić information content (AvgIpc) is 2.17. The van der Waals surface area contributed by atoms with Crippen molar-refractivity contribution in [2.45, 2.75) is 6.10 Å². The summed E-state index contributed by atoms with van der Waals surface area (Å²) in [4.78, 5) is 0. The minimum absolute atomic E-state index is 0.0212. The van der Waals surface area contributed by atoms with Gasteiger partial charge in [0.15, 0.2) is 11.5 Å². The number of aliphatic hydroxyl groups is 1. The van der Waals surface area contributed by atoms with Crippen molar-refractivity contribution in [2.24, 2.45) is 5.73 Å². The maximum Gasteiger partial charge on any atom is 0.175 e. The Morgan fingerprint density at radius 2 is 2.27 bits per heavy atom. The fourth-order valence-electron chi connectivity index (χ4n) is 1.22. The van der Waals surface area contributed by atoms with Crippen molar-refractivity contribution < 1.29 is 19.3 Å². The highest BCUT2D eigenvalue weighted by Gasteiger charge is 2.21. The smallest absolute Gasteiger partial charge is 0.175 e. The fourth-order valence-corrected chi connectivity index (χ4v) is 2.04. The summed E-state index contributed by atoms with van der Waals surface area (Å²) in [5.41, 5.74) is 5.21. The molecule has 0 spiro atoms. The first-order valence-electron chi connectivity index (χ1n) is 4.15. The number of ether oxygens (including phenoxy) is 1. The Labute approximate surface area is 94.6 Å². The molecule has 0 aliphatic rings. The van der Waals surface area contributed by atoms with E-state index in [9.17, 15) is 14.6 Å². The van der Waals surface area contributed by atoms with E-state index in [0.29, 0.717) is 0 Å². The average molecular weight is 280 g/mol. The fraction of sp³-hybridized carbons (Fsp3) is 0.333. The van der Waals surface area contributed by atoms with E-state index in [1.165, 1.54) is 7.11 Å². The zero-order valence-electron chi connectivity index (χ0n) is 8.00. The zero-order chi connectivity index (χ0) is 11.6. The van der Waals surface area contributed by atoms with E-state index in [4.69, 9.17) is 10.5 Å². The van der Waals surface area contributed by atoms with Gasteiger partial charge in [-0.25, -0.2) is 4.39 Å². The number of aliphatic hydroxyl groups excluding tert-OH is 1. The second-order valence-electron chi connectivity index (χ2n) is 2.89. The molecule has 15 heavy (non-hydrogen) atoms. The van der Waals surface area contributed by atoms with E-state index in [1.807, 2.05) is 0 Å². The summed E-state index contributed by atoms with van der Waals surface area (Å²) < 4.78 is 18.4. The number of aromatic hydroxyl groups is 1. The molecule has 0 aliphatic carbocycles. The summed E-state index contributed by atoms with van der Waals surface area (Å²) in [7, 11) is 1.33. The van der Waals surface area contributed by atoms with Crippen molar-refractivity contribution in [2.75, 3.05) is 13.7 Å². The SMILES string of the molecule is COc1c(O)cc(F)c(C(O)CN)c1Br. The van der Waals surface area contributed by atoms with Crippen molar-refractivity contribution in [3.8, 4) is 11.5 Å². The van der Waals surface area contributed by atoms with Crippen LogP contribution in [0.1, 0.15) is 11.7 Å². The molecule has 0 amide bonds. The first-order valence-corrected chi connectivity index (χ1v) is 4.95. The van der Waals surface area contributed by atoms with Crippen LogP contribution in [0.3, 0.4) is 0 Å². The molecule has 4 N–H and O–H groups in total. The van der Waals surface area contributed by atoms with Gasteiger partial charge in [0.25, 0.3) is 0 Å². The quantitative estimate of drug-likeness (QED) is 0.780. The highest BCUT2D eigenvalue weighted by Crippen LogP contribution is 2.40. The maximum absolute atomic E-state index is 13.4. The molecule has 1 rings (SSSR count). The third-order valence-corrected chi connectivity index (χ3v) is 2.74. The summed E-state index contributed by atoms with van der Waals surface area (Å²) in [6.07, 6.45) is -1.14. The Morgan fingerprint density at radius 3 is 2.73 bits per heavy atom. The number of nitrogens with two attached hydrogens (primary N) is 1. The van der Waals surface area contributed by atoms with Crippen LogP contribution in [0, 0.1) is 5.82 Å². The molecule has 6 heteroatoms. The maximum atomic E-state index is 13.4. The third kappa shape index (κ3) is 2.22. The van der Waals surface area contributed by atoms with E-state index in [2.05, 4.69) is 15.9 Å². The molecule has 1 aromatic carbocycles. The van der Waals surface area contributed by atoms with E-state index in [1.54, 1.807) is 0 Å². The number of phenolic OH excluding ortho intramolecular Hbond substituents is 1. The molecule has 1 aromatic rings. The van der Waals surface area contributed by atoms with Crippen LogP contribution in [0.25, 0.3) is 0 Å². The van der Waals surface area contributed by atoms with Crippen molar-refractivity contribution in [1.29, 1.82) is 0 Å². The van der Waals surface area contributed by atoms with Crippen LogP contribution < -0.4 is 10.5 Å². The number of hydrogen-bond donors (Lipinski definition) is 3. The molecule has 0 radical (unpaired) electrons. The zero-order valence-corrected chi connectivity index (χ0v) is 9.58. The second-order valence-corrected chi connectivity index (χ2v) is 3.68. The van der Waals surface area contributed by atoms with Crippen LogP contribution in [0.5, 0.6) is 11.5 Å². The van der Waals surface area contributed by atoms with Crippen LogP contribution in [0.4, 0.5) is 4.39 Å². The molecule has 0 fully saturated rings. The molecule has 84 valence electrons. The van der Waals surface area contributed by atoms with Gasteiger partial charge in [0, 0.05) is 18.2 Å². The summed E-state index contributed by atoms with van der Waals surface area (Å²) in [6, 6.07) is 0.873. The van der Waals surface area contributed by atoms with Crippen molar-refractivity contribution in [3.63, 3.8) is 0 Å². The molecule has 0 bridgehead atoms. The Balaban J connectivity index is 3.38. The highest BCUT2D eigenvalue weighted by atomic mass is 79.9. The first-order chi connectivity index (χ1) is 7.02. The molecule has 0 aromatic heterocycles. The van der Waals surface area contributed by atoms with E-state index in [0.717, 1.165) is 6.07 Å². The number of hydrogen-bond acceptors (Lipinski definition) is 4. The van der Waals surface area contributed by atoms with Crippen LogP contribution >= 0.6 is 15.9 Å². The Morgan fingerprint density at radius 1 is 1.67 bits per heavy atom. The molecule has 1 atom stereocenters. The van der Waals surface area contributed by atoms with Gasteiger partial charge in [0.2, 0.25) is 0 Å². The van der Waals surface area contributed by atoms with Crippen LogP contribution in [0.2, 0.25) is 0 Å². The Hall–Kier alpha value is -0.850.